The molecule has 1 aromatic rings. The zero-order valence-electron chi connectivity index (χ0n) is 16.0. The van der Waals surface area contributed by atoms with E-state index in [-0.39, 0.29) is 17.5 Å². The smallest absolute Gasteiger partial charge is 0.328 e. The maximum Gasteiger partial charge on any atom is 0.328 e. The van der Waals surface area contributed by atoms with Crippen molar-refractivity contribution in [1.29, 1.82) is 0 Å². The van der Waals surface area contributed by atoms with Gasteiger partial charge in [-0.15, -0.1) is 0 Å². The van der Waals surface area contributed by atoms with E-state index < -0.39 is 5.69 Å². The Morgan fingerprint density at radius 1 is 1.23 bits per heavy atom. The van der Waals surface area contributed by atoms with Crippen molar-refractivity contribution in [2.75, 3.05) is 26.2 Å². The molecule has 7 heteroatoms. The number of H-pyrrole nitrogens is 1. The number of rotatable bonds is 6. The first-order chi connectivity index (χ1) is 12.4. The van der Waals surface area contributed by atoms with Crippen molar-refractivity contribution >= 4 is 5.91 Å². The van der Waals surface area contributed by atoms with Crippen LogP contribution in [0, 0.1) is 11.8 Å². The first-order valence-electron chi connectivity index (χ1n) is 9.66. The number of aromatic amines is 1. The normalized spacial score (nSPS) is 22.1. The molecule has 2 fully saturated rings. The van der Waals surface area contributed by atoms with Gasteiger partial charge in [0, 0.05) is 57.4 Å². The van der Waals surface area contributed by atoms with Crippen molar-refractivity contribution in [3.05, 3.63) is 32.6 Å². The summed E-state index contributed by atoms with van der Waals surface area (Å²) in [7, 11) is 1.49. The van der Waals surface area contributed by atoms with Gasteiger partial charge in [-0.2, -0.15) is 0 Å². The van der Waals surface area contributed by atoms with E-state index in [0.29, 0.717) is 30.2 Å². The van der Waals surface area contributed by atoms with E-state index in [1.54, 1.807) is 0 Å². The molecule has 3 rings (SSSR count). The summed E-state index contributed by atoms with van der Waals surface area (Å²) in [5.74, 6) is 1.35. The van der Waals surface area contributed by atoms with Gasteiger partial charge in [0.2, 0.25) is 5.91 Å². The van der Waals surface area contributed by atoms with E-state index in [4.69, 9.17) is 0 Å². The Kier molecular flexibility index (Phi) is 5.65. The third-order valence-corrected chi connectivity index (χ3v) is 5.68. The second kappa shape index (κ2) is 7.78. The van der Waals surface area contributed by atoms with Crippen LogP contribution in [0.2, 0.25) is 0 Å². The summed E-state index contributed by atoms with van der Waals surface area (Å²) in [6, 6.07) is 0.226. The average molecular weight is 362 g/mol. The van der Waals surface area contributed by atoms with Crippen LogP contribution in [0.25, 0.3) is 0 Å². The quantitative estimate of drug-likeness (QED) is 0.803. The lowest BCUT2D eigenvalue weighted by Gasteiger charge is -2.35. The zero-order valence-corrected chi connectivity index (χ0v) is 16.0. The molecular weight excluding hydrogens is 332 g/mol. The molecule has 1 aromatic heterocycles. The third-order valence-electron chi connectivity index (χ3n) is 5.68. The molecule has 7 nitrogen and oxygen atoms in total. The molecule has 1 saturated carbocycles. The maximum atomic E-state index is 12.7. The van der Waals surface area contributed by atoms with Gasteiger partial charge in [0.15, 0.2) is 0 Å². The predicted octanol–water partition coefficient (Wildman–Crippen LogP) is 0.585. The Morgan fingerprint density at radius 3 is 2.62 bits per heavy atom. The van der Waals surface area contributed by atoms with Gasteiger partial charge < -0.3 is 14.8 Å². The molecule has 0 unspecified atom stereocenters. The van der Waals surface area contributed by atoms with Crippen molar-refractivity contribution in [1.82, 2.24) is 19.4 Å². The van der Waals surface area contributed by atoms with Crippen LogP contribution >= 0.6 is 0 Å². The fraction of sp³-hybridized carbons (Fsp3) is 0.737. The van der Waals surface area contributed by atoms with Gasteiger partial charge in [-0.3, -0.25) is 14.2 Å². The molecule has 26 heavy (non-hydrogen) atoms. The highest BCUT2D eigenvalue weighted by molar-refractivity contribution is 5.77. The van der Waals surface area contributed by atoms with Crippen LogP contribution in [0.4, 0.5) is 0 Å². The van der Waals surface area contributed by atoms with Crippen LogP contribution in [0.1, 0.15) is 38.7 Å². The predicted molar refractivity (Wildman–Crippen MR) is 100 cm³/mol. The van der Waals surface area contributed by atoms with Gasteiger partial charge in [-0.1, -0.05) is 13.8 Å². The first kappa shape index (κ1) is 18.9. The molecule has 1 aliphatic heterocycles. The molecule has 1 saturated heterocycles. The summed E-state index contributed by atoms with van der Waals surface area (Å²) in [5, 5.41) is 0. The lowest BCUT2D eigenvalue weighted by atomic mass is 10.0. The highest BCUT2D eigenvalue weighted by Gasteiger charge is 2.35. The van der Waals surface area contributed by atoms with Gasteiger partial charge in [-0.25, -0.2) is 4.79 Å². The Balaban J connectivity index is 1.68. The second-order valence-corrected chi connectivity index (χ2v) is 8.08. The molecule has 0 aromatic carbocycles. The van der Waals surface area contributed by atoms with Gasteiger partial charge in [0.25, 0.3) is 5.56 Å². The van der Waals surface area contributed by atoms with E-state index in [2.05, 4.69) is 28.6 Å². The standard InChI is InChI=1S/C19H30N4O3/c1-13(2)16-12-22(9-7-17(24)23(16)11-14-4-5-14)8-6-15-10-20-19(26)21(3)18(15)25/h10,13-14,16H,4-9,11-12H2,1-3H3,(H,20,26)/t16-/m0/s1. The van der Waals surface area contributed by atoms with E-state index in [1.165, 1.54) is 26.1 Å². The van der Waals surface area contributed by atoms with E-state index in [1.807, 2.05) is 0 Å². The molecule has 1 atom stereocenters. The molecular formula is C19H30N4O3. The van der Waals surface area contributed by atoms with Crippen molar-refractivity contribution in [2.24, 2.45) is 18.9 Å². The largest absolute Gasteiger partial charge is 0.338 e. The minimum atomic E-state index is -0.394. The Hall–Kier alpha value is -1.89. The molecule has 2 heterocycles. The Morgan fingerprint density at radius 2 is 1.96 bits per heavy atom. The fourth-order valence-corrected chi connectivity index (χ4v) is 3.70. The molecule has 1 amide bonds. The van der Waals surface area contributed by atoms with Gasteiger partial charge >= 0.3 is 5.69 Å². The van der Waals surface area contributed by atoms with E-state index in [0.717, 1.165) is 30.7 Å². The minimum absolute atomic E-state index is 0.226. The second-order valence-electron chi connectivity index (χ2n) is 8.08. The third kappa shape index (κ3) is 4.26. The van der Waals surface area contributed by atoms with E-state index in [9.17, 15) is 14.4 Å². The number of hydrogen-bond acceptors (Lipinski definition) is 4. The summed E-state index contributed by atoms with van der Waals surface area (Å²) in [5.41, 5.74) is -0.0243. The molecule has 144 valence electrons. The van der Waals surface area contributed by atoms with Crippen LogP contribution in [-0.2, 0) is 18.3 Å². The number of hydrogen-bond donors (Lipinski definition) is 1. The summed E-state index contributed by atoms with van der Waals surface area (Å²) in [6.07, 6.45) is 5.12. The lowest BCUT2D eigenvalue weighted by Crippen LogP contribution is -2.47. The van der Waals surface area contributed by atoms with E-state index >= 15 is 0 Å². The number of amides is 1. The highest BCUT2D eigenvalue weighted by Crippen LogP contribution is 2.32. The number of carbonyl (C=O) groups excluding carboxylic acids is 1. The van der Waals surface area contributed by atoms with Gasteiger partial charge in [0.1, 0.15) is 0 Å². The fourth-order valence-electron chi connectivity index (χ4n) is 3.70. The van der Waals surface area contributed by atoms with Crippen LogP contribution in [0.15, 0.2) is 15.8 Å². The first-order valence-corrected chi connectivity index (χ1v) is 9.66. The average Bonchev–Trinajstić information content (AvgIpc) is 3.43. The van der Waals surface area contributed by atoms with Crippen molar-refractivity contribution in [3.63, 3.8) is 0 Å². The number of aromatic nitrogens is 2. The van der Waals surface area contributed by atoms with Crippen LogP contribution < -0.4 is 11.2 Å². The van der Waals surface area contributed by atoms with Crippen molar-refractivity contribution in [2.45, 2.75) is 45.6 Å². The Labute approximate surface area is 154 Å². The molecule has 0 radical (unpaired) electrons. The van der Waals surface area contributed by atoms with Crippen LogP contribution in [0.5, 0.6) is 0 Å². The van der Waals surface area contributed by atoms with Crippen molar-refractivity contribution in [3.8, 4) is 0 Å². The summed E-state index contributed by atoms with van der Waals surface area (Å²) < 4.78 is 1.11. The topological polar surface area (TPSA) is 78.4 Å². The summed E-state index contributed by atoms with van der Waals surface area (Å²) in [4.78, 5) is 43.3. The lowest BCUT2D eigenvalue weighted by molar-refractivity contribution is -0.133. The molecule has 2 aliphatic rings. The molecule has 1 aliphatic carbocycles. The molecule has 0 bridgehead atoms. The minimum Gasteiger partial charge on any atom is -0.338 e. The number of nitrogens with zero attached hydrogens (tertiary/aromatic N) is 3. The molecule has 0 spiro atoms. The van der Waals surface area contributed by atoms with Crippen molar-refractivity contribution < 1.29 is 4.79 Å². The monoisotopic (exact) mass is 362 g/mol. The zero-order chi connectivity index (χ0) is 18.8. The SMILES string of the molecule is CC(C)[C@@H]1CN(CCc2c[nH]c(=O)n(C)c2=O)CCC(=O)N1CC1CC1. The van der Waals surface area contributed by atoms with Crippen LogP contribution in [-0.4, -0.2) is 57.5 Å². The number of carbonyl (C=O) groups is 1. The Bertz CT molecular complexity index is 763. The maximum absolute atomic E-state index is 12.7. The molecule has 1 N–H and O–H groups in total. The highest BCUT2D eigenvalue weighted by atomic mass is 16.2. The van der Waals surface area contributed by atoms with Gasteiger partial charge in [0.05, 0.1) is 0 Å². The summed E-state index contributed by atoms with van der Waals surface area (Å²) >= 11 is 0. The summed E-state index contributed by atoms with van der Waals surface area (Å²) in [6.45, 7) is 7.55. The number of nitrogens with one attached hydrogen (secondary N) is 1. The van der Waals surface area contributed by atoms with Crippen LogP contribution in [0.3, 0.4) is 0 Å². The van der Waals surface area contributed by atoms with Gasteiger partial charge in [-0.05, 0) is 31.1 Å².